The molecule has 1 amide bonds. The molecule has 6 heteroatoms. The minimum Gasteiger partial charge on any atom is -0.507 e. The molecule has 3 aromatic rings. The Bertz CT molecular complexity index is 1230. The number of carbonyl (C=O) groups excluding carboxylic acids is 2. The molecule has 2 aromatic carbocycles. The van der Waals surface area contributed by atoms with Crippen LogP contribution in [0.5, 0.6) is 0 Å². The Balaban J connectivity index is 1.97. The maximum Gasteiger partial charge on any atom is 0.300 e. The summed E-state index contributed by atoms with van der Waals surface area (Å²) in [6.45, 7) is 5.72. The number of aryl methyl sites for hydroxylation is 3. The van der Waals surface area contributed by atoms with Crippen LogP contribution in [0.1, 0.15) is 33.9 Å². The van der Waals surface area contributed by atoms with Crippen molar-refractivity contribution in [2.24, 2.45) is 0 Å². The van der Waals surface area contributed by atoms with Crippen LogP contribution in [0.4, 0.5) is 5.69 Å². The maximum atomic E-state index is 13.2. The normalized spacial score (nSPS) is 17.9. The summed E-state index contributed by atoms with van der Waals surface area (Å²) in [5, 5.41) is 11.7. The molecule has 156 valence electrons. The molecule has 0 spiro atoms. The Morgan fingerprint density at radius 2 is 1.77 bits per heavy atom. The van der Waals surface area contributed by atoms with Gasteiger partial charge in [-0.15, -0.1) is 0 Å². The molecule has 1 saturated heterocycles. The SMILES string of the molecule is Cc1ccc(/C(O)=C2\C(=O)C(=O)N(c3ccc(Cl)cc3C)C2c2cccnc2)cc1C. The summed E-state index contributed by atoms with van der Waals surface area (Å²) in [6.07, 6.45) is 3.22. The molecule has 0 bridgehead atoms. The van der Waals surface area contributed by atoms with Crippen molar-refractivity contribution in [3.63, 3.8) is 0 Å². The van der Waals surface area contributed by atoms with Crippen molar-refractivity contribution >= 4 is 34.7 Å². The lowest BCUT2D eigenvalue weighted by Crippen LogP contribution is -2.30. The summed E-state index contributed by atoms with van der Waals surface area (Å²) in [7, 11) is 0. The van der Waals surface area contributed by atoms with E-state index in [0.29, 0.717) is 21.8 Å². The van der Waals surface area contributed by atoms with Gasteiger partial charge in [0.25, 0.3) is 11.7 Å². The van der Waals surface area contributed by atoms with Crippen LogP contribution in [0.15, 0.2) is 66.5 Å². The van der Waals surface area contributed by atoms with E-state index < -0.39 is 17.7 Å². The number of hydrogen-bond acceptors (Lipinski definition) is 4. The third-order valence-corrected chi connectivity index (χ3v) is 5.88. The highest BCUT2D eigenvalue weighted by atomic mass is 35.5. The lowest BCUT2D eigenvalue weighted by Gasteiger charge is -2.26. The summed E-state index contributed by atoms with van der Waals surface area (Å²) in [6, 6.07) is 13.3. The van der Waals surface area contributed by atoms with Crippen LogP contribution in [0.25, 0.3) is 5.76 Å². The molecule has 1 aromatic heterocycles. The number of hydrogen-bond donors (Lipinski definition) is 1. The fourth-order valence-electron chi connectivity index (χ4n) is 3.87. The number of benzene rings is 2. The van der Waals surface area contributed by atoms with Gasteiger partial charge in [-0.3, -0.25) is 19.5 Å². The number of nitrogens with zero attached hydrogens (tertiary/aromatic N) is 2. The highest BCUT2D eigenvalue weighted by Gasteiger charge is 2.47. The number of rotatable bonds is 3. The van der Waals surface area contributed by atoms with Gasteiger partial charge in [-0.1, -0.05) is 29.8 Å². The van der Waals surface area contributed by atoms with Crippen LogP contribution in [0, 0.1) is 20.8 Å². The quantitative estimate of drug-likeness (QED) is 0.347. The monoisotopic (exact) mass is 432 g/mol. The van der Waals surface area contributed by atoms with Crippen LogP contribution >= 0.6 is 11.6 Å². The first kappa shape index (κ1) is 20.8. The number of carbonyl (C=O) groups is 2. The Hall–Kier alpha value is -3.44. The molecule has 0 radical (unpaired) electrons. The second-order valence-electron chi connectivity index (χ2n) is 7.69. The zero-order valence-corrected chi connectivity index (χ0v) is 18.1. The van der Waals surface area contributed by atoms with Gasteiger partial charge >= 0.3 is 0 Å². The van der Waals surface area contributed by atoms with Crippen molar-refractivity contribution in [3.05, 3.63) is 99.3 Å². The zero-order chi connectivity index (χ0) is 22.3. The molecule has 1 aliphatic heterocycles. The number of aliphatic hydroxyl groups is 1. The van der Waals surface area contributed by atoms with Crippen molar-refractivity contribution in [3.8, 4) is 0 Å². The summed E-state index contributed by atoms with van der Waals surface area (Å²) >= 11 is 6.10. The Labute approximate surface area is 185 Å². The molecule has 0 aliphatic carbocycles. The number of aromatic nitrogens is 1. The molecule has 5 nitrogen and oxygen atoms in total. The van der Waals surface area contributed by atoms with E-state index >= 15 is 0 Å². The average Bonchev–Trinajstić information content (AvgIpc) is 3.01. The molecular formula is C25H21ClN2O3. The van der Waals surface area contributed by atoms with Crippen molar-refractivity contribution in [2.75, 3.05) is 4.90 Å². The van der Waals surface area contributed by atoms with E-state index in [4.69, 9.17) is 11.6 Å². The Morgan fingerprint density at radius 3 is 2.42 bits per heavy atom. The van der Waals surface area contributed by atoms with E-state index in [9.17, 15) is 14.7 Å². The van der Waals surface area contributed by atoms with E-state index in [1.54, 1.807) is 48.8 Å². The zero-order valence-electron chi connectivity index (χ0n) is 17.4. The van der Waals surface area contributed by atoms with Gasteiger partial charge in [0.1, 0.15) is 5.76 Å². The first-order valence-corrected chi connectivity index (χ1v) is 10.2. The molecule has 1 atom stereocenters. The van der Waals surface area contributed by atoms with Crippen LogP contribution in [0.2, 0.25) is 5.02 Å². The topological polar surface area (TPSA) is 70.5 Å². The molecule has 1 unspecified atom stereocenters. The van der Waals surface area contributed by atoms with E-state index in [1.165, 1.54) is 4.90 Å². The molecular weight excluding hydrogens is 412 g/mol. The summed E-state index contributed by atoms with van der Waals surface area (Å²) in [4.78, 5) is 31.9. The number of halogens is 1. The van der Waals surface area contributed by atoms with E-state index in [2.05, 4.69) is 4.98 Å². The predicted octanol–water partition coefficient (Wildman–Crippen LogP) is 5.29. The van der Waals surface area contributed by atoms with Gasteiger partial charge in [0.15, 0.2) is 0 Å². The van der Waals surface area contributed by atoms with Gasteiger partial charge in [0, 0.05) is 28.7 Å². The van der Waals surface area contributed by atoms with Crippen LogP contribution in [0.3, 0.4) is 0 Å². The summed E-state index contributed by atoms with van der Waals surface area (Å²) in [5.74, 6) is -1.65. The lowest BCUT2D eigenvalue weighted by atomic mass is 9.95. The molecule has 4 rings (SSSR count). The number of pyridine rings is 1. The second-order valence-corrected chi connectivity index (χ2v) is 8.12. The lowest BCUT2D eigenvalue weighted by molar-refractivity contribution is -0.132. The highest BCUT2D eigenvalue weighted by Crippen LogP contribution is 2.43. The van der Waals surface area contributed by atoms with Crippen molar-refractivity contribution in [1.29, 1.82) is 0 Å². The Kier molecular flexibility index (Phi) is 5.38. The predicted molar refractivity (Wildman–Crippen MR) is 121 cm³/mol. The molecule has 1 fully saturated rings. The smallest absolute Gasteiger partial charge is 0.300 e. The highest BCUT2D eigenvalue weighted by molar-refractivity contribution is 6.51. The largest absolute Gasteiger partial charge is 0.507 e. The van der Waals surface area contributed by atoms with Gasteiger partial charge in [-0.25, -0.2) is 0 Å². The number of aliphatic hydroxyl groups excluding tert-OH is 1. The molecule has 1 N–H and O–H groups in total. The number of anilines is 1. The van der Waals surface area contributed by atoms with Crippen molar-refractivity contribution in [2.45, 2.75) is 26.8 Å². The molecule has 1 aliphatic rings. The fraction of sp³-hybridized carbons (Fsp3) is 0.160. The van der Waals surface area contributed by atoms with Crippen LogP contribution in [-0.4, -0.2) is 21.8 Å². The summed E-state index contributed by atoms with van der Waals surface area (Å²) < 4.78 is 0. The molecule has 2 heterocycles. The van der Waals surface area contributed by atoms with Gasteiger partial charge in [0.05, 0.1) is 11.6 Å². The average molecular weight is 433 g/mol. The van der Waals surface area contributed by atoms with Gasteiger partial charge < -0.3 is 5.11 Å². The third kappa shape index (κ3) is 3.62. The van der Waals surface area contributed by atoms with Crippen molar-refractivity contribution in [1.82, 2.24) is 4.98 Å². The molecule has 31 heavy (non-hydrogen) atoms. The van der Waals surface area contributed by atoms with E-state index in [0.717, 1.165) is 16.7 Å². The maximum absolute atomic E-state index is 13.2. The Morgan fingerprint density at radius 1 is 1.00 bits per heavy atom. The van der Waals surface area contributed by atoms with E-state index in [1.807, 2.05) is 32.9 Å². The van der Waals surface area contributed by atoms with Gasteiger partial charge in [-0.2, -0.15) is 0 Å². The minimum absolute atomic E-state index is 0.0376. The minimum atomic E-state index is -0.810. The van der Waals surface area contributed by atoms with E-state index in [-0.39, 0.29) is 11.3 Å². The first-order chi connectivity index (χ1) is 14.8. The number of amides is 1. The first-order valence-electron chi connectivity index (χ1n) is 9.84. The van der Waals surface area contributed by atoms with Crippen molar-refractivity contribution < 1.29 is 14.7 Å². The fourth-order valence-corrected chi connectivity index (χ4v) is 4.09. The van der Waals surface area contributed by atoms with Gasteiger partial charge in [-0.05, 0) is 73.4 Å². The number of Topliss-reactive ketones (excluding diaryl/α,β-unsaturated/α-hetero) is 1. The van der Waals surface area contributed by atoms with Crippen LogP contribution in [-0.2, 0) is 9.59 Å². The molecule has 0 saturated carbocycles. The second kappa shape index (κ2) is 8.00. The third-order valence-electron chi connectivity index (χ3n) is 5.64. The van der Waals surface area contributed by atoms with Crippen LogP contribution < -0.4 is 4.90 Å². The number of ketones is 1. The van der Waals surface area contributed by atoms with Gasteiger partial charge in [0.2, 0.25) is 0 Å². The summed E-state index contributed by atoms with van der Waals surface area (Å²) in [5.41, 5.74) is 4.50. The standard InChI is InChI=1S/C25H21ClN2O3/c1-14-6-7-17(11-15(14)2)23(29)21-22(18-5-4-10-27-13-18)28(25(31)24(21)30)20-9-8-19(26)12-16(20)3/h4-13,22,29H,1-3H3/b23-21+.